The highest BCUT2D eigenvalue weighted by Gasteiger charge is 2.08. The Balaban J connectivity index is 1.56. The number of amidine groups is 1. The molecule has 0 spiro atoms. The van der Waals surface area contributed by atoms with Gasteiger partial charge in [-0.1, -0.05) is 102 Å². The number of hydrogen-bond donors (Lipinski definition) is 1. The maximum atomic E-state index is 4.93. The van der Waals surface area contributed by atoms with Crippen molar-refractivity contribution in [2.24, 2.45) is 4.99 Å². The lowest BCUT2D eigenvalue weighted by Crippen LogP contribution is -2.22. The topological polar surface area (TPSA) is 24.4 Å². The van der Waals surface area contributed by atoms with Gasteiger partial charge in [-0.05, 0) is 43.7 Å². The Morgan fingerprint density at radius 1 is 0.793 bits per heavy atom. The standard InChI is InChI=1S/C27H46N2/c1-3-4-5-6-7-8-9-10-11-12-14-17-25-19-21-26(22-20-25)24(2)29-27-18-15-13-16-23-28-27/h19-22,24H,3-18,23H2,1-2H3,(H,28,29). The molecular weight excluding hydrogens is 352 g/mol. The van der Waals surface area contributed by atoms with Gasteiger partial charge in [0.1, 0.15) is 0 Å². The van der Waals surface area contributed by atoms with Gasteiger partial charge in [0.25, 0.3) is 0 Å². The lowest BCUT2D eigenvalue weighted by Gasteiger charge is -2.12. The van der Waals surface area contributed by atoms with Crippen LogP contribution in [0.3, 0.4) is 0 Å². The van der Waals surface area contributed by atoms with Crippen molar-refractivity contribution >= 4 is 5.84 Å². The van der Waals surface area contributed by atoms with Crippen molar-refractivity contribution in [2.45, 2.75) is 123 Å². The second-order valence-electron chi connectivity index (χ2n) is 9.02. The number of nitrogens with one attached hydrogen (secondary N) is 1. The molecule has 1 aliphatic rings. The first-order valence-corrected chi connectivity index (χ1v) is 12.7. The molecular formula is C27H46N2. The fourth-order valence-corrected chi connectivity index (χ4v) is 4.29. The van der Waals surface area contributed by atoms with Gasteiger partial charge in [0, 0.05) is 13.0 Å². The summed E-state index contributed by atoms with van der Waals surface area (Å²) in [6, 6.07) is 9.48. The van der Waals surface area contributed by atoms with Gasteiger partial charge >= 0.3 is 0 Å². The van der Waals surface area contributed by atoms with Crippen LogP contribution in [0.2, 0.25) is 0 Å². The molecule has 0 amide bonds. The van der Waals surface area contributed by atoms with Crippen LogP contribution in [0.1, 0.15) is 127 Å². The van der Waals surface area contributed by atoms with E-state index >= 15 is 0 Å². The first-order chi connectivity index (χ1) is 14.3. The van der Waals surface area contributed by atoms with Gasteiger partial charge in [-0.2, -0.15) is 0 Å². The molecule has 1 unspecified atom stereocenters. The second-order valence-corrected chi connectivity index (χ2v) is 9.02. The zero-order chi connectivity index (χ0) is 20.6. The number of unbranched alkanes of at least 4 members (excludes halogenated alkanes) is 10. The smallest absolute Gasteiger partial charge is 0.0970 e. The summed E-state index contributed by atoms with van der Waals surface area (Å²) in [5.41, 5.74) is 2.82. The molecule has 29 heavy (non-hydrogen) atoms. The van der Waals surface area contributed by atoms with Gasteiger partial charge in [-0.3, -0.25) is 4.99 Å². The number of hydrogen-bond acceptors (Lipinski definition) is 1. The molecule has 1 N–H and O–H groups in total. The van der Waals surface area contributed by atoms with Crippen molar-refractivity contribution in [1.29, 1.82) is 0 Å². The number of aliphatic imine (C=N–C) groups is 1. The van der Waals surface area contributed by atoms with Gasteiger partial charge in [0.05, 0.1) is 11.9 Å². The van der Waals surface area contributed by atoms with Crippen LogP contribution in [0.15, 0.2) is 29.3 Å². The van der Waals surface area contributed by atoms with Crippen molar-refractivity contribution in [3.63, 3.8) is 0 Å². The summed E-state index contributed by atoms with van der Waals surface area (Å²) in [5.74, 6) is 1.21. The van der Waals surface area contributed by atoms with Crippen molar-refractivity contribution in [1.82, 2.24) is 5.32 Å². The zero-order valence-corrected chi connectivity index (χ0v) is 19.4. The zero-order valence-electron chi connectivity index (χ0n) is 19.4. The molecule has 0 aliphatic carbocycles. The van der Waals surface area contributed by atoms with Gasteiger partial charge in [0.2, 0.25) is 0 Å². The van der Waals surface area contributed by atoms with Crippen molar-refractivity contribution in [3.05, 3.63) is 35.4 Å². The van der Waals surface area contributed by atoms with Gasteiger partial charge in [0.15, 0.2) is 0 Å². The molecule has 0 radical (unpaired) electrons. The minimum atomic E-state index is 0.256. The fourth-order valence-electron chi connectivity index (χ4n) is 4.29. The van der Waals surface area contributed by atoms with E-state index in [-0.39, 0.29) is 6.04 Å². The molecule has 1 aromatic carbocycles. The van der Waals surface area contributed by atoms with Crippen molar-refractivity contribution in [3.8, 4) is 0 Å². The average Bonchev–Trinajstić information content (AvgIpc) is 3.01. The van der Waals surface area contributed by atoms with Crippen LogP contribution >= 0.6 is 0 Å². The molecule has 2 heteroatoms. The van der Waals surface area contributed by atoms with Crippen LogP contribution in [0.25, 0.3) is 0 Å². The summed E-state index contributed by atoms with van der Waals surface area (Å²) in [4.78, 5) is 4.93. The predicted molar refractivity (Wildman–Crippen MR) is 129 cm³/mol. The highest BCUT2D eigenvalue weighted by molar-refractivity contribution is 5.82. The summed E-state index contributed by atoms with van der Waals surface area (Å²) in [6.45, 7) is 5.60. The van der Waals surface area contributed by atoms with E-state index in [4.69, 9.17) is 4.99 Å². The molecule has 164 valence electrons. The minimum Gasteiger partial charge on any atom is -0.374 e. The van der Waals surface area contributed by atoms with E-state index in [0.717, 1.165) is 13.0 Å². The second kappa shape index (κ2) is 15.5. The van der Waals surface area contributed by atoms with E-state index in [1.807, 2.05) is 0 Å². The summed E-state index contributed by atoms with van der Waals surface area (Å²) in [6.07, 6.45) is 21.8. The monoisotopic (exact) mass is 398 g/mol. The maximum absolute atomic E-state index is 4.93. The fraction of sp³-hybridized carbons (Fsp3) is 0.741. The summed E-state index contributed by atoms with van der Waals surface area (Å²) >= 11 is 0. The Labute approximate surface area is 181 Å². The quantitative estimate of drug-likeness (QED) is 0.314. The lowest BCUT2D eigenvalue weighted by atomic mass is 10.0. The summed E-state index contributed by atoms with van der Waals surface area (Å²) in [7, 11) is 0. The van der Waals surface area contributed by atoms with Crippen LogP contribution in [0, 0.1) is 0 Å². The molecule has 1 fully saturated rings. The highest BCUT2D eigenvalue weighted by atomic mass is 15.0. The Bertz CT molecular complexity index is 536. The molecule has 0 saturated carbocycles. The number of rotatable bonds is 14. The van der Waals surface area contributed by atoms with E-state index < -0.39 is 0 Å². The number of nitrogens with zero attached hydrogens (tertiary/aromatic N) is 1. The molecule has 2 rings (SSSR count). The van der Waals surface area contributed by atoms with Gasteiger partial charge in [-0.15, -0.1) is 0 Å². The SMILES string of the molecule is CCCCCCCCCCCCCc1ccc(C(C)N=C2CCCCCN2)cc1. The molecule has 2 nitrogen and oxygen atoms in total. The van der Waals surface area contributed by atoms with E-state index in [0.29, 0.717) is 0 Å². The van der Waals surface area contributed by atoms with Crippen LogP contribution in [0.4, 0.5) is 0 Å². The summed E-state index contributed by atoms with van der Waals surface area (Å²) in [5, 5.41) is 3.51. The van der Waals surface area contributed by atoms with Crippen molar-refractivity contribution < 1.29 is 0 Å². The van der Waals surface area contributed by atoms with Crippen LogP contribution in [-0.4, -0.2) is 12.4 Å². The third kappa shape index (κ3) is 10.9. The summed E-state index contributed by atoms with van der Waals surface area (Å²) < 4.78 is 0. The lowest BCUT2D eigenvalue weighted by molar-refractivity contribution is 0.549. The first kappa shape index (κ1) is 24.0. The normalized spacial score (nSPS) is 17.1. The molecule has 1 heterocycles. The molecule has 1 aliphatic heterocycles. The van der Waals surface area contributed by atoms with Crippen LogP contribution < -0.4 is 5.32 Å². The third-order valence-corrected chi connectivity index (χ3v) is 6.30. The van der Waals surface area contributed by atoms with Gasteiger partial charge in [-0.25, -0.2) is 0 Å². The van der Waals surface area contributed by atoms with Crippen LogP contribution in [0.5, 0.6) is 0 Å². The Kier molecular flexibility index (Phi) is 12.8. The molecule has 1 atom stereocenters. The Morgan fingerprint density at radius 2 is 1.41 bits per heavy atom. The van der Waals surface area contributed by atoms with E-state index in [1.165, 1.54) is 113 Å². The number of benzene rings is 1. The molecule has 0 aromatic heterocycles. The van der Waals surface area contributed by atoms with Gasteiger partial charge < -0.3 is 5.32 Å². The number of aryl methyl sites for hydroxylation is 1. The molecule has 1 aromatic rings. The van der Waals surface area contributed by atoms with Crippen LogP contribution in [-0.2, 0) is 6.42 Å². The van der Waals surface area contributed by atoms with E-state index in [9.17, 15) is 0 Å². The largest absolute Gasteiger partial charge is 0.374 e. The van der Waals surface area contributed by atoms with E-state index in [2.05, 4.69) is 43.4 Å². The minimum absolute atomic E-state index is 0.256. The third-order valence-electron chi connectivity index (χ3n) is 6.30. The Morgan fingerprint density at radius 3 is 2.07 bits per heavy atom. The highest BCUT2D eigenvalue weighted by Crippen LogP contribution is 2.20. The Hall–Kier alpha value is -1.31. The predicted octanol–water partition coefficient (Wildman–Crippen LogP) is 8.16. The van der Waals surface area contributed by atoms with E-state index in [1.54, 1.807) is 0 Å². The molecule has 0 bridgehead atoms. The maximum Gasteiger partial charge on any atom is 0.0970 e. The first-order valence-electron chi connectivity index (χ1n) is 12.7. The van der Waals surface area contributed by atoms with Crippen molar-refractivity contribution in [2.75, 3.05) is 6.54 Å². The molecule has 1 saturated heterocycles. The average molecular weight is 399 g/mol.